The number of furan rings is 1. The number of hydrogen-bond donors (Lipinski definition) is 2. The van der Waals surface area contributed by atoms with Crippen molar-refractivity contribution in [3.05, 3.63) is 64.4 Å². The van der Waals surface area contributed by atoms with Crippen molar-refractivity contribution in [2.24, 2.45) is 0 Å². The third kappa shape index (κ3) is 3.91. The number of hydrogen-bond acceptors (Lipinski definition) is 4. The van der Waals surface area contributed by atoms with Gasteiger partial charge in [0.15, 0.2) is 11.8 Å². The van der Waals surface area contributed by atoms with Crippen LogP contribution in [0.1, 0.15) is 30.2 Å². The van der Waals surface area contributed by atoms with Crippen molar-refractivity contribution in [3.63, 3.8) is 0 Å². The van der Waals surface area contributed by atoms with Gasteiger partial charge in [-0.1, -0.05) is 0 Å². The topological polar surface area (TPSA) is 73.6 Å². The van der Waals surface area contributed by atoms with Crippen LogP contribution in [0.4, 0.5) is 0 Å². The zero-order valence-corrected chi connectivity index (χ0v) is 15.6. The summed E-state index contributed by atoms with van der Waals surface area (Å²) in [6.07, 6.45) is 4.30. The Morgan fingerprint density at radius 2 is 2.07 bits per heavy atom. The molecule has 1 aliphatic heterocycles. The standard InChI is InChI=1S/C21H24N2O4/c1-25-16-6-7-17-15(11-21(24)27-20(17)12-16)13-22-14-18(19-5-4-10-26-19)23-8-2-3-9-23/h4-7,10-12,18,22H,2-3,8-9,13-14H2,1H3/p+2/t18-/m0/s1. The van der Waals surface area contributed by atoms with Gasteiger partial charge in [0.1, 0.15) is 24.4 Å². The van der Waals surface area contributed by atoms with Crippen LogP contribution in [0.2, 0.25) is 0 Å². The van der Waals surface area contributed by atoms with Gasteiger partial charge in [-0.2, -0.15) is 0 Å². The van der Waals surface area contributed by atoms with E-state index in [0.717, 1.165) is 29.8 Å². The number of nitrogens with two attached hydrogens (primary N) is 1. The summed E-state index contributed by atoms with van der Waals surface area (Å²) in [6, 6.07) is 11.6. The van der Waals surface area contributed by atoms with E-state index in [9.17, 15) is 4.79 Å². The molecule has 0 saturated carbocycles. The highest BCUT2D eigenvalue weighted by molar-refractivity contribution is 5.81. The Morgan fingerprint density at radius 1 is 1.22 bits per heavy atom. The molecule has 1 fully saturated rings. The number of likely N-dealkylation sites (tertiary alicyclic amines) is 1. The molecule has 4 rings (SSSR count). The first kappa shape index (κ1) is 17.8. The van der Waals surface area contributed by atoms with Gasteiger partial charge < -0.3 is 23.8 Å². The van der Waals surface area contributed by atoms with Crippen molar-refractivity contribution in [2.75, 3.05) is 26.7 Å². The van der Waals surface area contributed by atoms with Crippen molar-refractivity contribution < 1.29 is 23.8 Å². The molecule has 142 valence electrons. The number of ether oxygens (including phenoxy) is 1. The van der Waals surface area contributed by atoms with Gasteiger partial charge in [-0.15, -0.1) is 0 Å². The molecule has 0 aliphatic carbocycles. The summed E-state index contributed by atoms with van der Waals surface area (Å²) in [5, 5.41) is 3.21. The van der Waals surface area contributed by atoms with E-state index in [1.165, 1.54) is 25.9 Å². The average molecular weight is 370 g/mol. The van der Waals surface area contributed by atoms with E-state index in [-0.39, 0.29) is 5.63 Å². The molecular formula is C21H26N2O4+2. The molecule has 0 unspecified atom stereocenters. The second kappa shape index (κ2) is 7.98. The van der Waals surface area contributed by atoms with Crippen LogP contribution in [0.15, 0.2) is 56.3 Å². The van der Waals surface area contributed by atoms with Gasteiger partial charge in [-0.05, 0) is 24.3 Å². The third-order valence-electron chi connectivity index (χ3n) is 5.43. The SMILES string of the molecule is COc1ccc2c(C[NH2+]C[C@@H](c3ccco3)[NH+]3CCCC3)cc(=O)oc2c1. The lowest BCUT2D eigenvalue weighted by Crippen LogP contribution is -3.13. The summed E-state index contributed by atoms with van der Waals surface area (Å²) < 4.78 is 16.3. The maximum Gasteiger partial charge on any atom is 0.336 e. The molecule has 1 aromatic carbocycles. The van der Waals surface area contributed by atoms with E-state index in [1.807, 2.05) is 18.2 Å². The monoisotopic (exact) mass is 370 g/mol. The molecule has 0 radical (unpaired) electrons. The number of benzene rings is 1. The van der Waals surface area contributed by atoms with E-state index >= 15 is 0 Å². The lowest BCUT2D eigenvalue weighted by Gasteiger charge is -2.21. The van der Waals surface area contributed by atoms with Crippen molar-refractivity contribution >= 4 is 11.0 Å². The zero-order chi connectivity index (χ0) is 18.6. The predicted octanol–water partition coefficient (Wildman–Crippen LogP) is 0.878. The van der Waals surface area contributed by atoms with E-state index in [4.69, 9.17) is 13.6 Å². The minimum absolute atomic E-state index is 0.327. The first-order chi connectivity index (χ1) is 13.2. The number of quaternary nitrogens is 2. The second-order valence-corrected chi connectivity index (χ2v) is 7.11. The Kier molecular flexibility index (Phi) is 5.27. The number of rotatable bonds is 7. The van der Waals surface area contributed by atoms with Crippen molar-refractivity contribution in [1.82, 2.24) is 0 Å². The van der Waals surface area contributed by atoms with Gasteiger partial charge in [0.2, 0.25) is 0 Å². The van der Waals surface area contributed by atoms with Crippen LogP contribution in [0, 0.1) is 0 Å². The van der Waals surface area contributed by atoms with Gasteiger partial charge in [-0.3, -0.25) is 0 Å². The van der Waals surface area contributed by atoms with E-state index in [0.29, 0.717) is 17.4 Å². The largest absolute Gasteiger partial charge is 0.497 e. The average Bonchev–Trinajstić information content (AvgIpc) is 3.38. The van der Waals surface area contributed by atoms with Crippen LogP contribution in [0.25, 0.3) is 11.0 Å². The molecule has 0 amide bonds. The minimum atomic E-state index is -0.327. The first-order valence-corrected chi connectivity index (χ1v) is 9.55. The Morgan fingerprint density at radius 3 is 2.81 bits per heavy atom. The van der Waals surface area contributed by atoms with Gasteiger partial charge in [0.05, 0.1) is 26.5 Å². The molecule has 3 heterocycles. The molecule has 0 spiro atoms. The Bertz CT molecular complexity index is 942. The fraction of sp³-hybridized carbons (Fsp3) is 0.381. The van der Waals surface area contributed by atoms with Gasteiger partial charge in [0.25, 0.3) is 0 Å². The smallest absolute Gasteiger partial charge is 0.336 e. The quantitative estimate of drug-likeness (QED) is 0.606. The maximum atomic E-state index is 12.0. The summed E-state index contributed by atoms with van der Waals surface area (Å²) in [7, 11) is 1.60. The molecule has 3 N–H and O–H groups in total. The summed E-state index contributed by atoms with van der Waals surface area (Å²) in [5.41, 5.74) is 1.23. The van der Waals surface area contributed by atoms with Crippen LogP contribution in [0.5, 0.6) is 5.75 Å². The molecule has 3 aromatic rings. The van der Waals surface area contributed by atoms with E-state index in [1.54, 1.807) is 30.4 Å². The van der Waals surface area contributed by atoms with Crippen molar-refractivity contribution in [2.45, 2.75) is 25.4 Å². The molecule has 6 heteroatoms. The van der Waals surface area contributed by atoms with Gasteiger partial charge >= 0.3 is 5.63 Å². The molecular weight excluding hydrogens is 344 g/mol. The van der Waals surface area contributed by atoms with Crippen molar-refractivity contribution in [1.29, 1.82) is 0 Å². The van der Waals surface area contributed by atoms with E-state index < -0.39 is 0 Å². The van der Waals surface area contributed by atoms with Crippen LogP contribution >= 0.6 is 0 Å². The normalized spacial score (nSPS) is 16.0. The molecule has 6 nitrogen and oxygen atoms in total. The molecule has 2 aromatic heterocycles. The van der Waals surface area contributed by atoms with Crippen LogP contribution in [-0.4, -0.2) is 26.7 Å². The Labute approximate surface area is 157 Å². The zero-order valence-electron chi connectivity index (χ0n) is 15.6. The number of fused-ring (bicyclic) bond motifs is 1. The lowest BCUT2D eigenvalue weighted by atomic mass is 10.1. The van der Waals surface area contributed by atoms with Gasteiger partial charge in [-0.25, -0.2) is 4.79 Å². The molecule has 1 atom stereocenters. The second-order valence-electron chi connectivity index (χ2n) is 7.11. The number of nitrogens with one attached hydrogen (secondary N) is 1. The molecule has 27 heavy (non-hydrogen) atoms. The fourth-order valence-electron chi connectivity index (χ4n) is 4.06. The van der Waals surface area contributed by atoms with Crippen LogP contribution < -0.4 is 20.6 Å². The highest BCUT2D eigenvalue weighted by atomic mass is 16.5. The van der Waals surface area contributed by atoms with Gasteiger partial charge in [0, 0.05) is 35.9 Å². The molecule has 0 bridgehead atoms. The maximum absolute atomic E-state index is 12.0. The lowest BCUT2D eigenvalue weighted by molar-refractivity contribution is -0.936. The van der Waals surface area contributed by atoms with Crippen LogP contribution in [0.3, 0.4) is 0 Å². The third-order valence-corrected chi connectivity index (χ3v) is 5.43. The highest BCUT2D eigenvalue weighted by Gasteiger charge is 2.30. The first-order valence-electron chi connectivity index (χ1n) is 9.55. The predicted molar refractivity (Wildman–Crippen MR) is 101 cm³/mol. The highest BCUT2D eigenvalue weighted by Crippen LogP contribution is 2.22. The summed E-state index contributed by atoms with van der Waals surface area (Å²) in [6.45, 7) is 4.02. The molecule has 1 saturated heterocycles. The Hall–Kier alpha value is -2.57. The molecule has 1 aliphatic rings. The Balaban J connectivity index is 1.51. The van der Waals surface area contributed by atoms with E-state index in [2.05, 4.69) is 11.4 Å². The summed E-state index contributed by atoms with van der Waals surface area (Å²) in [4.78, 5) is 13.5. The van der Waals surface area contributed by atoms with Crippen LogP contribution in [-0.2, 0) is 6.54 Å². The minimum Gasteiger partial charge on any atom is -0.497 e. The fourth-order valence-corrected chi connectivity index (χ4v) is 4.06. The van der Waals surface area contributed by atoms with Crippen molar-refractivity contribution in [3.8, 4) is 5.75 Å². The summed E-state index contributed by atoms with van der Waals surface area (Å²) in [5.74, 6) is 1.73. The number of methoxy groups -OCH3 is 1. The summed E-state index contributed by atoms with van der Waals surface area (Å²) >= 11 is 0.